The summed E-state index contributed by atoms with van der Waals surface area (Å²) in [5.41, 5.74) is 1.08. The monoisotopic (exact) mass is 323 g/mol. The van der Waals surface area contributed by atoms with Gasteiger partial charge >= 0.3 is 5.97 Å². The fraction of sp³-hybridized carbons (Fsp3) is 0.357. The smallest absolute Gasteiger partial charge is 0.326 e. The van der Waals surface area contributed by atoms with E-state index in [9.17, 15) is 9.90 Å². The summed E-state index contributed by atoms with van der Waals surface area (Å²) in [5.74, 6) is -0.0738. The normalized spacial score (nSPS) is 18.1. The van der Waals surface area contributed by atoms with E-state index in [-0.39, 0.29) is 0 Å². The van der Waals surface area contributed by atoms with Crippen molar-refractivity contribution in [3.63, 3.8) is 0 Å². The fourth-order valence-corrected chi connectivity index (χ4v) is 3.36. The molecule has 0 bridgehead atoms. The van der Waals surface area contributed by atoms with E-state index < -0.39 is 12.0 Å². The van der Waals surface area contributed by atoms with Gasteiger partial charge in [0.25, 0.3) is 0 Å². The number of carboxylic acids is 1. The number of aliphatic carboxylic acids is 1. The molecule has 0 amide bonds. The third kappa shape index (κ3) is 3.16. The van der Waals surface area contributed by atoms with Gasteiger partial charge < -0.3 is 10.0 Å². The Hall–Kier alpha value is -1.66. The second kappa shape index (κ2) is 5.99. The van der Waals surface area contributed by atoms with Crippen molar-refractivity contribution in [2.45, 2.75) is 25.3 Å². The van der Waals surface area contributed by atoms with Gasteiger partial charge in [0.05, 0.1) is 0 Å². The third-order valence-electron chi connectivity index (χ3n) is 3.52. The summed E-state index contributed by atoms with van der Waals surface area (Å²) in [7, 11) is 0. The number of halogens is 1. The summed E-state index contributed by atoms with van der Waals surface area (Å²) in [5, 5.41) is 10.6. The Balaban J connectivity index is 1.74. The van der Waals surface area contributed by atoms with Crippen LogP contribution in [0.2, 0.25) is 5.02 Å². The van der Waals surface area contributed by atoms with Crippen molar-refractivity contribution in [1.82, 2.24) is 9.36 Å². The van der Waals surface area contributed by atoms with Crippen LogP contribution in [0, 0.1) is 0 Å². The summed E-state index contributed by atoms with van der Waals surface area (Å²) in [6.45, 7) is 0.729. The van der Waals surface area contributed by atoms with Gasteiger partial charge in [-0.2, -0.15) is 4.37 Å². The molecule has 110 valence electrons. The Bertz CT molecular complexity index is 644. The minimum Gasteiger partial charge on any atom is -0.480 e. The number of hydrogen-bond acceptors (Lipinski definition) is 5. The summed E-state index contributed by atoms with van der Waals surface area (Å²) in [6.07, 6.45) is 2.17. The van der Waals surface area contributed by atoms with E-state index in [1.807, 2.05) is 29.2 Å². The maximum atomic E-state index is 11.2. The molecular formula is C14H14ClN3O2S. The van der Waals surface area contributed by atoms with Gasteiger partial charge in [-0.3, -0.25) is 0 Å². The first kappa shape index (κ1) is 14.3. The summed E-state index contributed by atoms with van der Waals surface area (Å²) in [6, 6.07) is 7.09. The molecule has 1 aromatic carbocycles. The third-order valence-corrected chi connectivity index (χ3v) is 4.56. The highest BCUT2D eigenvalue weighted by atomic mass is 35.5. The van der Waals surface area contributed by atoms with Gasteiger partial charge in [-0.25, -0.2) is 9.78 Å². The molecule has 1 N–H and O–H groups in total. The predicted octanol–water partition coefficient (Wildman–Crippen LogP) is 2.84. The van der Waals surface area contributed by atoms with Crippen LogP contribution < -0.4 is 4.90 Å². The highest BCUT2D eigenvalue weighted by Gasteiger charge is 2.32. The van der Waals surface area contributed by atoms with Crippen LogP contribution in [0.25, 0.3) is 0 Å². The molecule has 1 saturated heterocycles. The molecule has 0 saturated carbocycles. The number of rotatable bonds is 4. The van der Waals surface area contributed by atoms with Crippen LogP contribution in [0.3, 0.4) is 0 Å². The van der Waals surface area contributed by atoms with E-state index in [4.69, 9.17) is 11.6 Å². The Morgan fingerprint density at radius 2 is 2.19 bits per heavy atom. The lowest BCUT2D eigenvalue weighted by Gasteiger charge is -2.19. The first-order chi connectivity index (χ1) is 10.1. The van der Waals surface area contributed by atoms with Crippen LogP contribution >= 0.6 is 23.1 Å². The molecule has 1 fully saturated rings. The molecule has 7 heteroatoms. The summed E-state index contributed by atoms with van der Waals surface area (Å²) >= 11 is 7.12. The molecule has 0 spiro atoms. The van der Waals surface area contributed by atoms with Crippen molar-refractivity contribution in [3.05, 3.63) is 40.7 Å². The standard InChI is InChI=1S/C14H14ClN3O2S/c15-10-5-3-9(4-6-10)8-12-16-14(21-17-12)18-7-1-2-11(18)13(19)20/h3-6,11H,1-2,7-8H2,(H,19,20). The Kier molecular flexibility index (Phi) is 4.07. The van der Waals surface area contributed by atoms with Crippen molar-refractivity contribution in [2.24, 2.45) is 0 Å². The van der Waals surface area contributed by atoms with Crippen molar-refractivity contribution < 1.29 is 9.90 Å². The van der Waals surface area contributed by atoms with Crippen LogP contribution in [0.5, 0.6) is 0 Å². The van der Waals surface area contributed by atoms with E-state index in [1.54, 1.807) is 0 Å². The minimum atomic E-state index is -0.790. The molecule has 3 rings (SSSR count). The number of hydrogen-bond donors (Lipinski definition) is 1. The number of anilines is 1. The molecule has 1 unspecified atom stereocenters. The molecule has 1 atom stereocenters. The second-order valence-corrected chi connectivity index (χ2v) is 6.15. The van der Waals surface area contributed by atoms with E-state index >= 15 is 0 Å². The Morgan fingerprint density at radius 3 is 2.90 bits per heavy atom. The molecule has 1 aliphatic heterocycles. The lowest BCUT2D eigenvalue weighted by atomic mass is 10.1. The molecule has 21 heavy (non-hydrogen) atoms. The maximum Gasteiger partial charge on any atom is 0.326 e. The number of benzene rings is 1. The zero-order chi connectivity index (χ0) is 14.8. The molecule has 2 heterocycles. The van der Waals surface area contributed by atoms with Gasteiger partial charge in [0.15, 0.2) is 0 Å². The summed E-state index contributed by atoms with van der Waals surface area (Å²) < 4.78 is 4.34. The highest BCUT2D eigenvalue weighted by Crippen LogP contribution is 2.27. The summed E-state index contributed by atoms with van der Waals surface area (Å²) in [4.78, 5) is 17.5. The van der Waals surface area contributed by atoms with Crippen molar-refractivity contribution >= 4 is 34.2 Å². The van der Waals surface area contributed by atoms with Crippen LogP contribution in [0.4, 0.5) is 5.13 Å². The average molecular weight is 324 g/mol. The second-order valence-electron chi connectivity index (χ2n) is 4.99. The maximum absolute atomic E-state index is 11.2. The number of nitrogens with zero attached hydrogens (tertiary/aromatic N) is 3. The first-order valence-electron chi connectivity index (χ1n) is 6.70. The minimum absolute atomic E-state index is 0.471. The van der Waals surface area contributed by atoms with E-state index in [0.29, 0.717) is 28.8 Å². The molecular weight excluding hydrogens is 310 g/mol. The van der Waals surface area contributed by atoms with Crippen LogP contribution in [0.15, 0.2) is 24.3 Å². The van der Waals surface area contributed by atoms with Crippen LogP contribution in [-0.2, 0) is 11.2 Å². The Labute approximate surface area is 131 Å². The van der Waals surface area contributed by atoms with Gasteiger partial charge in [-0.1, -0.05) is 23.7 Å². The number of carbonyl (C=O) groups is 1. The molecule has 5 nitrogen and oxygen atoms in total. The molecule has 0 radical (unpaired) electrons. The van der Waals surface area contributed by atoms with Gasteiger partial charge in [-0.05, 0) is 30.5 Å². The largest absolute Gasteiger partial charge is 0.480 e. The zero-order valence-electron chi connectivity index (χ0n) is 11.2. The molecule has 0 aliphatic carbocycles. The quantitative estimate of drug-likeness (QED) is 0.937. The van der Waals surface area contributed by atoms with Crippen molar-refractivity contribution in [2.75, 3.05) is 11.4 Å². The topological polar surface area (TPSA) is 66.3 Å². The number of aromatic nitrogens is 2. The lowest BCUT2D eigenvalue weighted by Crippen LogP contribution is -2.35. The molecule has 1 aromatic heterocycles. The van der Waals surface area contributed by atoms with Crippen molar-refractivity contribution in [3.8, 4) is 0 Å². The average Bonchev–Trinajstić information content (AvgIpc) is 3.09. The van der Waals surface area contributed by atoms with Gasteiger partial charge in [-0.15, -0.1) is 0 Å². The van der Waals surface area contributed by atoms with Gasteiger partial charge in [0.2, 0.25) is 5.13 Å². The molecule has 1 aliphatic rings. The van der Waals surface area contributed by atoms with Gasteiger partial charge in [0, 0.05) is 29.5 Å². The first-order valence-corrected chi connectivity index (χ1v) is 7.85. The van der Waals surface area contributed by atoms with E-state index in [1.165, 1.54) is 11.5 Å². The highest BCUT2D eigenvalue weighted by molar-refractivity contribution is 7.09. The van der Waals surface area contributed by atoms with Gasteiger partial charge in [0.1, 0.15) is 11.9 Å². The van der Waals surface area contributed by atoms with Crippen LogP contribution in [0.1, 0.15) is 24.2 Å². The van der Waals surface area contributed by atoms with E-state index in [0.717, 1.165) is 18.5 Å². The molecule has 2 aromatic rings. The fourth-order valence-electron chi connectivity index (χ4n) is 2.47. The lowest BCUT2D eigenvalue weighted by molar-refractivity contribution is -0.138. The zero-order valence-corrected chi connectivity index (χ0v) is 12.8. The predicted molar refractivity (Wildman–Crippen MR) is 82.2 cm³/mol. The Morgan fingerprint density at radius 1 is 1.43 bits per heavy atom. The number of carboxylic acid groups (broad SMARTS) is 1. The van der Waals surface area contributed by atoms with E-state index in [2.05, 4.69) is 9.36 Å². The van der Waals surface area contributed by atoms with Crippen molar-refractivity contribution in [1.29, 1.82) is 0 Å². The van der Waals surface area contributed by atoms with Crippen LogP contribution in [-0.4, -0.2) is 33.0 Å². The SMILES string of the molecule is O=C(O)C1CCCN1c1nc(Cc2ccc(Cl)cc2)ns1.